The smallest absolute Gasteiger partial charge is 0.0438 e. The normalized spacial score (nSPS) is 21.2. The molecule has 3 heteroatoms. The molecule has 1 aliphatic heterocycles. The molecular weight excluding hydrogens is 244 g/mol. The largest absolute Gasteiger partial charge is 0.330 e. The molecule has 0 aromatic heterocycles. The third-order valence-electron chi connectivity index (χ3n) is 3.87. The van der Waals surface area contributed by atoms with Crippen molar-refractivity contribution in [2.24, 2.45) is 5.73 Å². The molecule has 0 radical (unpaired) electrons. The first-order chi connectivity index (χ1) is 8.70. The molecule has 1 aromatic carbocycles. The van der Waals surface area contributed by atoms with Gasteiger partial charge in [0.2, 0.25) is 0 Å². The van der Waals surface area contributed by atoms with Crippen LogP contribution in [0.2, 0.25) is 5.02 Å². The molecule has 1 aromatic rings. The van der Waals surface area contributed by atoms with Gasteiger partial charge in [0.05, 0.1) is 0 Å². The minimum absolute atomic E-state index is 0.656. The number of nitrogens with zero attached hydrogens (tertiary/aromatic N) is 1. The second kappa shape index (κ2) is 6.55. The fourth-order valence-electron chi connectivity index (χ4n) is 2.76. The van der Waals surface area contributed by atoms with Crippen LogP contribution < -0.4 is 5.73 Å². The minimum Gasteiger partial charge on any atom is -0.330 e. The van der Waals surface area contributed by atoms with Gasteiger partial charge in [0.25, 0.3) is 0 Å². The summed E-state index contributed by atoms with van der Waals surface area (Å²) < 4.78 is 0. The molecule has 2 rings (SSSR count). The van der Waals surface area contributed by atoms with Crippen LogP contribution >= 0.6 is 11.6 Å². The first-order valence-electron chi connectivity index (χ1n) is 6.90. The highest BCUT2D eigenvalue weighted by molar-refractivity contribution is 6.31. The van der Waals surface area contributed by atoms with Crippen LogP contribution in [-0.4, -0.2) is 24.0 Å². The summed E-state index contributed by atoms with van der Waals surface area (Å²) >= 11 is 6.19. The van der Waals surface area contributed by atoms with E-state index in [0.29, 0.717) is 6.04 Å². The van der Waals surface area contributed by atoms with Gasteiger partial charge in [0, 0.05) is 17.6 Å². The van der Waals surface area contributed by atoms with E-state index in [-0.39, 0.29) is 0 Å². The van der Waals surface area contributed by atoms with Gasteiger partial charge in [0.15, 0.2) is 0 Å². The summed E-state index contributed by atoms with van der Waals surface area (Å²) in [7, 11) is 0. The Morgan fingerprint density at radius 3 is 2.94 bits per heavy atom. The van der Waals surface area contributed by atoms with Crippen molar-refractivity contribution in [2.45, 2.75) is 45.2 Å². The van der Waals surface area contributed by atoms with Crippen LogP contribution in [0.4, 0.5) is 0 Å². The molecule has 2 N–H and O–H groups in total. The molecular formula is C15H23ClN2. The zero-order chi connectivity index (χ0) is 13.0. The molecule has 0 aliphatic carbocycles. The molecule has 1 heterocycles. The predicted octanol–water partition coefficient (Wildman–Crippen LogP) is 3.35. The average molecular weight is 267 g/mol. The van der Waals surface area contributed by atoms with Crippen molar-refractivity contribution < 1.29 is 0 Å². The molecule has 0 bridgehead atoms. The van der Waals surface area contributed by atoms with Crippen LogP contribution in [0.1, 0.15) is 36.8 Å². The maximum atomic E-state index is 6.19. The summed E-state index contributed by atoms with van der Waals surface area (Å²) in [5.41, 5.74) is 8.18. The van der Waals surface area contributed by atoms with E-state index in [9.17, 15) is 0 Å². The lowest BCUT2D eigenvalue weighted by Gasteiger charge is -2.35. The summed E-state index contributed by atoms with van der Waals surface area (Å²) in [6.45, 7) is 5.03. The molecule has 2 nitrogen and oxygen atoms in total. The number of halogens is 1. The Labute approximate surface area is 115 Å². The fourth-order valence-corrected chi connectivity index (χ4v) is 2.96. The Morgan fingerprint density at radius 2 is 2.22 bits per heavy atom. The van der Waals surface area contributed by atoms with Crippen molar-refractivity contribution in [3.63, 3.8) is 0 Å². The lowest BCUT2D eigenvalue weighted by Crippen LogP contribution is -2.40. The maximum Gasteiger partial charge on any atom is 0.0438 e. The van der Waals surface area contributed by atoms with Crippen molar-refractivity contribution >= 4 is 11.6 Å². The number of hydrogen-bond donors (Lipinski definition) is 1. The summed E-state index contributed by atoms with van der Waals surface area (Å²) in [5.74, 6) is 0. The van der Waals surface area contributed by atoms with Crippen LogP contribution in [-0.2, 0) is 6.54 Å². The average Bonchev–Trinajstić information content (AvgIpc) is 2.37. The Bertz CT molecular complexity index is 390. The second-order valence-corrected chi connectivity index (χ2v) is 5.69. The summed E-state index contributed by atoms with van der Waals surface area (Å²) in [6.07, 6.45) is 5.05. The van der Waals surface area contributed by atoms with Gasteiger partial charge in [-0.15, -0.1) is 0 Å². The fraction of sp³-hybridized carbons (Fsp3) is 0.600. The molecule has 0 saturated carbocycles. The summed E-state index contributed by atoms with van der Waals surface area (Å²) in [5, 5.41) is 0.875. The predicted molar refractivity (Wildman–Crippen MR) is 77.9 cm³/mol. The van der Waals surface area contributed by atoms with Gasteiger partial charge in [0.1, 0.15) is 0 Å². The number of likely N-dealkylation sites (tertiary alicyclic amines) is 1. The lowest BCUT2D eigenvalue weighted by atomic mass is 9.98. The Morgan fingerprint density at radius 1 is 1.39 bits per heavy atom. The van der Waals surface area contributed by atoms with Gasteiger partial charge in [-0.05, 0) is 56.5 Å². The van der Waals surface area contributed by atoms with E-state index in [4.69, 9.17) is 17.3 Å². The molecule has 1 saturated heterocycles. The van der Waals surface area contributed by atoms with E-state index in [0.717, 1.165) is 30.1 Å². The zero-order valence-corrected chi connectivity index (χ0v) is 11.9. The number of benzene rings is 1. The first-order valence-corrected chi connectivity index (χ1v) is 7.27. The summed E-state index contributed by atoms with van der Waals surface area (Å²) in [6, 6.07) is 7.06. The number of hydrogen-bond acceptors (Lipinski definition) is 2. The van der Waals surface area contributed by atoms with Gasteiger partial charge >= 0.3 is 0 Å². The number of piperidine rings is 1. The quantitative estimate of drug-likeness (QED) is 0.906. The van der Waals surface area contributed by atoms with Crippen molar-refractivity contribution in [2.75, 3.05) is 13.1 Å². The molecule has 0 amide bonds. The third kappa shape index (κ3) is 3.47. The van der Waals surface area contributed by atoms with Crippen LogP contribution in [0.25, 0.3) is 0 Å². The van der Waals surface area contributed by atoms with E-state index >= 15 is 0 Å². The topological polar surface area (TPSA) is 29.3 Å². The van der Waals surface area contributed by atoms with E-state index in [1.807, 2.05) is 6.92 Å². The monoisotopic (exact) mass is 266 g/mol. The summed E-state index contributed by atoms with van der Waals surface area (Å²) in [4.78, 5) is 2.57. The standard InChI is InChI=1S/C15H23ClN2/c1-12-5-6-13(10-15(12)16)11-18-9-3-2-4-14(18)7-8-17/h5-6,10,14H,2-4,7-9,11,17H2,1H3. The molecule has 100 valence electrons. The van der Waals surface area contributed by atoms with Gasteiger partial charge in [-0.3, -0.25) is 4.90 Å². The van der Waals surface area contributed by atoms with Crippen molar-refractivity contribution in [3.05, 3.63) is 34.3 Å². The highest BCUT2D eigenvalue weighted by Crippen LogP contribution is 2.23. The van der Waals surface area contributed by atoms with E-state index < -0.39 is 0 Å². The lowest BCUT2D eigenvalue weighted by molar-refractivity contribution is 0.134. The van der Waals surface area contributed by atoms with Crippen molar-refractivity contribution in [1.82, 2.24) is 4.90 Å². The third-order valence-corrected chi connectivity index (χ3v) is 4.28. The molecule has 0 spiro atoms. The van der Waals surface area contributed by atoms with Crippen LogP contribution in [0.15, 0.2) is 18.2 Å². The maximum absolute atomic E-state index is 6.19. The van der Waals surface area contributed by atoms with Gasteiger partial charge in [-0.25, -0.2) is 0 Å². The molecule has 1 atom stereocenters. The Balaban J connectivity index is 2.03. The Kier molecular flexibility index (Phi) is 5.04. The molecule has 1 unspecified atom stereocenters. The van der Waals surface area contributed by atoms with E-state index in [2.05, 4.69) is 23.1 Å². The number of nitrogens with two attached hydrogens (primary N) is 1. The van der Waals surface area contributed by atoms with Gasteiger partial charge in [-0.2, -0.15) is 0 Å². The van der Waals surface area contributed by atoms with Gasteiger partial charge in [-0.1, -0.05) is 30.2 Å². The second-order valence-electron chi connectivity index (χ2n) is 5.28. The SMILES string of the molecule is Cc1ccc(CN2CCCCC2CCN)cc1Cl. The van der Waals surface area contributed by atoms with Crippen LogP contribution in [0, 0.1) is 6.92 Å². The van der Waals surface area contributed by atoms with Crippen LogP contribution in [0.3, 0.4) is 0 Å². The van der Waals surface area contributed by atoms with Crippen molar-refractivity contribution in [1.29, 1.82) is 0 Å². The van der Waals surface area contributed by atoms with Crippen LogP contribution in [0.5, 0.6) is 0 Å². The number of rotatable bonds is 4. The first kappa shape index (κ1) is 13.9. The van der Waals surface area contributed by atoms with Gasteiger partial charge < -0.3 is 5.73 Å². The molecule has 1 fully saturated rings. The van der Waals surface area contributed by atoms with E-state index in [1.165, 1.54) is 31.4 Å². The highest BCUT2D eigenvalue weighted by Gasteiger charge is 2.21. The van der Waals surface area contributed by atoms with E-state index in [1.54, 1.807) is 0 Å². The Hall–Kier alpha value is -0.570. The zero-order valence-electron chi connectivity index (χ0n) is 11.2. The highest BCUT2D eigenvalue weighted by atomic mass is 35.5. The molecule has 1 aliphatic rings. The minimum atomic E-state index is 0.656. The van der Waals surface area contributed by atoms with Crippen molar-refractivity contribution in [3.8, 4) is 0 Å². The molecule has 18 heavy (non-hydrogen) atoms. The number of aryl methyl sites for hydroxylation is 1.